The highest BCUT2D eigenvalue weighted by molar-refractivity contribution is 6.90. The maximum Gasteiger partial charge on any atom is 0.314 e. The Bertz CT molecular complexity index is 476. The van der Waals surface area contributed by atoms with E-state index in [4.69, 9.17) is 21.2 Å². The Morgan fingerprint density at radius 1 is 0.704 bits per heavy atom. The topological polar surface area (TPSA) is 63.2 Å². The number of rotatable bonds is 13. The van der Waals surface area contributed by atoms with Gasteiger partial charge in [0, 0.05) is 0 Å². The summed E-state index contributed by atoms with van der Waals surface area (Å²) in [5.74, 6) is 0. The molecule has 6 nitrogen and oxygen atoms in total. The predicted octanol–water partition coefficient (Wildman–Crippen LogP) is 5.15. The van der Waals surface area contributed by atoms with Crippen molar-refractivity contribution in [1.29, 1.82) is 0 Å². The van der Waals surface area contributed by atoms with E-state index in [0.29, 0.717) is 18.6 Å². The van der Waals surface area contributed by atoms with Crippen LogP contribution in [0.2, 0.25) is 77.6 Å². The van der Waals surface area contributed by atoms with Crippen molar-refractivity contribution in [3.05, 3.63) is 0 Å². The van der Waals surface area contributed by atoms with Crippen LogP contribution in [0.15, 0.2) is 0 Å². The molecule has 0 saturated heterocycles. The molecule has 0 amide bonds. The molecule has 1 unspecified atom stereocenters. The summed E-state index contributed by atoms with van der Waals surface area (Å²) in [7, 11) is -10.7. The molecular formula is C16H42O6Si5. The lowest BCUT2D eigenvalue weighted by Gasteiger charge is -2.43. The average Bonchev–Trinajstić information content (AvgIpc) is 2.30. The van der Waals surface area contributed by atoms with Crippen LogP contribution in [0.25, 0.3) is 0 Å². The van der Waals surface area contributed by atoms with Gasteiger partial charge in [-0.2, -0.15) is 0 Å². The Balaban J connectivity index is 4.97. The van der Waals surface area contributed by atoms with Gasteiger partial charge in [0.25, 0.3) is 6.47 Å². The first-order valence-electron chi connectivity index (χ1n) is 9.67. The van der Waals surface area contributed by atoms with Gasteiger partial charge in [0.1, 0.15) is 0 Å². The third-order valence-corrected chi connectivity index (χ3v) is 23.0. The lowest BCUT2D eigenvalue weighted by Crippen LogP contribution is -2.58. The first-order valence-corrected chi connectivity index (χ1v) is 24.5. The van der Waals surface area contributed by atoms with Crippen LogP contribution in [0.3, 0.4) is 0 Å². The van der Waals surface area contributed by atoms with Crippen LogP contribution in [0.1, 0.15) is 13.3 Å². The van der Waals surface area contributed by atoms with Crippen molar-refractivity contribution in [2.45, 2.75) is 90.9 Å². The molecule has 0 N–H and O–H groups in total. The van der Waals surface area contributed by atoms with Crippen LogP contribution in [0, 0.1) is 0 Å². The minimum absolute atomic E-state index is 0.361. The van der Waals surface area contributed by atoms with Crippen LogP contribution in [-0.2, 0) is 26.0 Å². The molecule has 0 aromatic heterocycles. The van der Waals surface area contributed by atoms with E-state index in [1.165, 1.54) is 0 Å². The molecule has 162 valence electrons. The van der Waals surface area contributed by atoms with E-state index in [-0.39, 0.29) is 0 Å². The largest absolute Gasteiger partial charge is 0.468 e. The maximum absolute atomic E-state index is 10.4. The molecule has 0 aliphatic rings. The van der Waals surface area contributed by atoms with Gasteiger partial charge in [-0.05, 0) is 84.0 Å². The Morgan fingerprint density at radius 2 is 1.11 bits per heavy atom. The minimum atomic E-state index is -2.39. The van der Waals surface area contributed by atoms with Crippen LogP contribution in [0.5, 0.6) is 0 Å². The van der Waals surface area contributed by atoms with Crippen molar-refractivity contribution < 1.29 is 26.0 Å². The van der Waals surface area contributed by atoms with Crippen molar-refractivity contribution >= 4 is 48.8 Å². The molecule has 0 aliphatic carbocycles. The monoisotopic (exact) mass is 470 g/mol. The lowest BCUT2D eigenvalue weighted by atomic mass is 10.3. The normalized spacial score (nSPS) is 15.6. The molecule has 0 heterocycles. The average molecular weight is 471 g/mol. The lowest BCUT2D eigenvalue weighted by molar-refractivity contribution is -0.128. The van der Waals surface area contributed by atoms with Gasteiger partial charge in [-0.1, -0.05) is 6.92 Å². The maximum atomic E-state index is 10.4. The highest BCUT2D eigenvalue weighted by Gasteiger charge is 2.46. The van der Waals surface area contributed by atoms with Crippen LogP contribution in [0.4, 0.5) is 0 Å². The zero-order valence-corrected chi connectivity index (χ0v) is 24.5. The van der Waals surface area contributed by atoms with E-state index in [1.54, 1.807) is 0 Å². The highest BCUT2D eigenvalue weighted by atomic mass is 28.5. The van der Waals surface area contributed by atoms with Gasteiger partial charge in [-0.15, -0.1) is 0 Å². The summed E-state index contributed by atoms with van der Waals surface area (Å²) < 4.78 is 30.8. The summed E-state index contributed by atoms with van der Waals surface area (Å²) in [6.07, 6.45) is 0.809. The summed E-state index contributed by atoms with van der Waals surface area (Å²) in [6.45, 7) is 26.7. The van der Waals surface area contributed by atoms with E-state index in [9.17, 15) is 4.79 Å². The smallest absolute Gasteiger partial charge is 0.314 e. The summed E-state index contributed by atoms with van der Waals surface area (Å²) in [4.78, 5) is 10.4. The van der Waals surface area contributed by atoms with Gasteiger partial charge < -0.3 is 21.2 Å². The van der Waals surface area contributed by atoms with Gasteiger partial charge in [-0.3, -0.25) is 4.79 Å². The zero-order valence-electron chi connectivity index (χ0n) is 19.5. The van der Waals surface area contributed by atoms with Crippen LogP contribution in [-0.4, -0.2) is 55.4 Å². The summed E-state index contributed by atoms with van der Waals surface area (Å²) in [6, 6.07) is 0. The Morgan fingerprint density at radius 3 is 1.52 bits per heavy atom. The second-order valence-electron chi connectivity index (χ2n) is 9.98. The van der Waals surface area contributed by atoms with Gasteiger partial charge in [-0.25, -0.2) is 0 Å². The molecule has 0 aliphatic heterocycles. The summed E-state index contributed by atoms with van der Waals surface area (Å²) >= 11 is 0. The third kappa shape index (κ3) is 12.5. The molecule has 1 atom stereocenters. The molecule has 0 bridgehead atoms. The fraction of sp³-hybridized carbons (Fsp3) is 0.938. The van der Waals surface area contributed by atoms with E-state index < -0.39 is 42.3 Å². The van der Waals surface area contributed by atoms with Crippen molar-refractivity contribution in [3.8, 4) is 0 Å². The summed E-state index contributed by atoms with van der Waals surface area (Å²) in [5, 5.41) is 0. The Kier molecular flexibility index (Phi) is 10.1. The predicted molar refractivity (Wildman–Crippen MR) is 124 cm³/mol. The number of carbonyl (C=O) groups is 1. The fourth-order valence-electron chi connectivity index (χ4n) is 3.36. The van der Waals surface area contributed by atoms with E-state index in [0.717, 1.165) is 6.42 Å². The van der Waals surface area contributed by atoms with E-state index >= 15 is 0 Å². The first kappa shape index (κ1) is 27.4. The number of carbonyl (C=O) groups excluding carboxylic acids is 1. The molecule has 27 heavy (non-hydrogen) atoms. The quantitative estimate of drug-likeness (QED) is 0.211. The molecule has 0 aromatic rings. The molecule has 0 rings (SSSR count). The van der Waals surface area contributed by atoms with E-state index in [2.05, 4.69) is 78.9 Å². The molecule has 0 saturated carbocycles. The molecule has 11 heteroatoms. The fourth-order valence-corrected chi connectivity index (χ4v) is 27.0. The summed E-state index contributed by atoms with van der Waals surface area (Å²) in [5.41, 5.74) is 0.361. The van der Waals surface area contributed by atoms with Crippen LogP contribution >= 0.6 is 0 Å². The van der Waals surface area contributed by atoms with Gasteiger partial charge in [0.15, 0.2) is 16.6 Å². The molecule has 0 radical (unpaired) electrons. The third-order valence-electron chi connectivity index (χ3n) is 3.97. The second kappa shape index (κ2) is 9.93. The van der Waals surface area contributed by atoms with Crippen molar-refractivity contribution in [2.24, 2.45) is 0 Å². The molecule has 0 aromatic carbocycles. The standard InChI is InChI=1S/C16H42O6Si5/c1-16(13-14-18-15-17)24(5,6)20-26(9,10)22-27(11,12)21-25(7,8)19-23(2,3)4/h15-16H,13-14H2,1-12H3. The second-order valence-corrected chi connectivity index (χ2v) is 30.1. The van der Waals surface area contributed by atoms with Gasteiger partial charge in [0.05, 0.1) is 6.61 Å². The van der Waals surface area contributed by atoms with Gasteiger partial charge in [0.2, 0.25) is 0 Å². The van der Waals surface area contributed by atoms with E-state index in [1.807, 2.05) is 0 Å². The molecule has 0 spiro atoms. The van der Waals surface area contributed by atoms with Crippen molar-refractivity contribution in [2.75, 3.05) is 6.61 Å². The first-order chi connectivity index (χ1) is 11.8. The Labute approximate surface area is 172 Å². The Hall–Kier alpha value is 0.394. The minimum Gasteiger partial charge on any atom is -0.468 e. The molecular weight excluding hydrogens is 429 g/mol. The van der Waals surface area contributed by atoms with Crippen LogP contribution < -0.4 is 0 Å². The number of ether oxygens (including phenoxy) is 1. The van der Waals surface area contributed by atoms with Crippen molar-refractivity contribution in [1.82, 2.24) is 0 Å². The number of hydrogen-bond acceptors (Lipinski definition) is 6. The van der Waals surface area contributed by atoms with Crippen molar-refractivity contribution in [3.63, 3.8) is 0 Å². The molecule has 0 fully saturated rings. The zero-order chi connectivity index (χ0) is 21.7. The van der Waals surface area contributed by atoms with Gasteiger partial charge >= 0.3 is 25.7 Å². The highest BCUT2D eigenvalue weighted by Crippen LogP contribution is 2.31. The number of hydrogen-bond donors (Lipinski definition) is 0. The SMILES string of the molecule is CC(CCOC=O)[Si](C)(C)O[Si](C)(C)O[Si](C)(C)O[Si](C)(C)O[Si](C)(C)C.